The first-order valence-corrected chi connectivity index (χ1v) is 10.9. The van der Waals surface area contributed by atoms with E-state index in [0.717, 1.165) is 33.3 Å². The third kappa shape index (κ3) is 7.51. The van der Waals surface area contributed by atoms with Crippen LogP contribution < -0.4 is 0 Å². The van der Waals surface area contributed by atoms with Gasteiger partial charge in [0.2, 0.25) is 12.4 Å². The highest BCUT2D eigenvalue weighted by Gasteiger charge is 2.53. The van der Waals surface area contributed by atoms with Crippen LogP contribution in [0.5, 0.6) is 0 Å². The van der Waals surface area contributed by atoms with Crippen molar-refractivity contribution in [3.05, 3.63) is 34.4 Å². The van der Waals surface area contributed by atoms with E-state index in [0.29, 0.717) is 11.1 Å². The normalized spacial score (nSPS) is 23.6. The SMILES string of the molecule is CC(=O)OC[C@@H]1O[C@@H](OC(=O)c2c(C)cc(C)cc2C)[C@H](OC(C)=O)[C@H](OC(C)=O)[C@@H]1OC(C)=O. The second-order valence-corrected chi connectivity index (χ2v) is 8.25. The van der Waals surface area contributed by atoms with Gasteiger partial charge in [0, 0.05) is 27.7 Å². The highest BCUT2D eigenvalue weighted by molar-refractivity contribution is 5.93. The lowest BCUT2D eigenvalue weighted by molar-refractivity contribution is -0.294. The van der Waals surface area contributed by atoms with E-state index in [1.165, 1.54) is 0 Å². The summed E-state index contributed by atoms with van der Waals surface area (Å²) in [5, 5.41) is 0. The zero-order chi connectivity index (χ0) is 26.4. The minimum atomic E-state index is -1.58. The fraction of sp³-hybridized carbons (Fsp3) is 0.542. The maximum absolute atomic E-state index is 13.1. The van der Waals surface area contributed by atoms with Gasteiger partial charge in [-0.15, -0.1) is 0 Å². The monoisotopic (exact) mass is 494 g/mol. The lowest BCUT2D eigenvalue weighted by Crippen LogP contribution is -2.63. The summed E-state index contributed by atoms with van der Waals surface area (Å²) in [6, 6.07) is 3.60. The molecular formula is C24H30O11. The molecule has 1 aromatic rings. The summed E-state index contributed by atoms with van der Waals surface area (Å²) in [4.78, 5) is 60.1. The minimum absolute atomic E-state index is 0.281. The maximum Gasteiger partial charge on any atom is 0.341 e. The van der Waals surface area contributed by atoms with Gasteiger partial charge in [-0.2, -0.15) is 0 Å². The van der Waals surface area contributed by atoms with E-state index in [9.17, 15) is 24.0 Å². The highest BCUT2D eigenvalue weighted by Crippen LogP contribution is 2.31. The summed E-state index contributed by atoms with van der Waals surface area (Å²) in [5.74, 6) is -3.76. The second kappa shape index (κ2) is 11.8. The second-order valence-electron chi connectivity index (χ2n) is 8.25. The molecule has 0 unspecified atom stereocenters. The van der Waals surface area contributed by atoms with Gasteiger partial charge in [-0.3, -0.25) is 19.2 Å². The zero-order valence-corrected chi connectivity index (χ0v) is 20.7. The van der Waals surface area contributed by atoms with Crippen LogP contribution in [0.4, 0.5) is 0 Å². The Bertz CT molecular complexity index is 976. The molecule has 11 heteroatoms. The highest BCUT2D eigenvalue weighted by atomic mass is 16.7. The number of hydrogen-bond acceptors (Lipinski definition) is 11. The predicted octanol–water partition coefficient (Wildman–Crippen LogP) is 1.85. The van der Waals surface area contributed by atoms with Crippen molar-refractivity contribution in [2.45, 2.75) is 79.2 Å². The number of esters is 5. The number of benzene rings is 1. The molecule has 0 N–H and O–H groups in total. The van der Waals surface area contributed by atoms with Crippen molar-refractivity contribution in [1.29, 1.82) is 0 Å². The van der Waals surface area contributed by atoms with Crippen molar-refractivity contribution < 1.29 is 52.4 Å². The third-order valence-corrected chi connectivity index (χ3v) is 5.05. The molecule has 11 nitrogen and oxygen atoms in total. The van der Waals surface area contributed by atoms with Crippen LogP contribution in [0.25, 0.3) is 0 Å². The Hall–Kier alpha value is -3.47. The number of rotatable bonds is 7. The lowest BCUT2D eigenvalue weighted by Gasteiger charge is -2.43. The van der Waals surface area contributed by atoms with E-state index in [1.54, 1.807) is 26.0 Å². The van der Waals surface area contributed by atoms with Crippen LogP contribution in [0.3, 0.4) is 0 Å². The molecule has 2 rings (SSSR count). The quantitative estimate of drug-likeness (QED) is 0.405. The minimum Gasteiger partial charge on any atom is -0.463 e. The van der Waals surface area contributed by atoms with E-state index >= 15 is 0 Å². The van der Waals surface area contributed by atoms with Gasteiger partial charge < -0.3 is 28.4 Å². The molecule has 1 fully saturated rings. The molecular weight excluding hydrogens is 464 g/mol. The third-order valence-electron chi connectivity index (χ3n) is 5.05. The predicted molar refractivity (Wildman–Crippen MR) is 118 cm³/mol. The van der Waals surface area contributed by atoms with Crippen LogP contribution in [-0.2, 0) is 47.6 Å². The van der Waals surface area contributed by atoms with Crippen molar-refractivity contribution in [3.63, 3.8) is 0 Å². The van der Waals surface area contributed by atoms with Gasteiger partial charge in [0.05, 0.1) is 5.56 Å². The summed E-state index contributed by atoms with van der Waals surface area (Å²) >= 11 is 0. The van der Waals surface area contributed by atoms with Crippen LogP contribution in [0, 0.1) is 20.8 Å². The lowest BCUT2D eigenvalue weighted by atomic mass is 9.97. The molecule has 0 aromatic heterocycles. The number of carbonyl (C=O) groups excluding carboxylic acids is 5. The summed E-state index contributed by atoms with van der Waals surface area (Å²) in [6.07, 6.45) is -7.03. The van der Waals surface area contributed by atoms with Crippen molar-refractivity contribution in [1.82, 2.24) is 0 Å². The number of ether oxygens (including phenoxy) is 6. The van der Waals surface area contributed by atoms with Crippen LogP contribution >= 0.6 is 0 Å². The molecule has 0 spiro atoms. The molecule has 0 bridgehead atoms. The van der Waals surface area contributed by atoms with E-state index in [4.69, 9.17) is 28.4 Å². The van der Waals surface area contributed by atoms with Crippen LogP contribution in [0.1, 0.15) is 54.7 Å². The fourth-order valence-electron chi connectivity index (χ4n) is 3.95. The summed E-state index contributed by atoms with van der Waals surface area (Å²) in [7, 11) is 0. The summed E-state index contributed by atoms with van der Waals surface area (Å²) in [5.41, 5.74) is 2.53. The number of carbonyl (C=O) groups is 5. The summed E-state index contributed by atoms with van der Waals surface area (Å²) in [6.45, 7) is 9.42. The van der Waals surface area contributed by atoms with Gasteiger partial charge in [0.15, 0.2) is 12.2 Å². The molecule has 0 amide bonds. The standard InChI is InChI=1S/C24H30O11/c1-11-8-12(2)19(13(3)9-11)23(29)35-24-22(33-17(7)28)21(32-16(6)27)20(31-15(5)26)18(34-24)10-30-14(4)25/h8-9,18,20-22,24H,10H2,1-7H3/t18-,20+,21+,22+,24-/m0/s1. The Morgan fingerprint density at radius 1 is 0.714 bits per heavy atom. The fourth-order valence-corrected chi connectivity index (χ4v) is 3.95. The largest absolute Gasteiger partial charge is 0.463 e. The van der Waals surface area contributed by atoms with Gasteiger partial charge in [0.25, 0.3) is 0 Å². The van der Waals surface area contributed by atoms with Crippen molar-refractivity contribution in [2.75, 3.05) is 6.61 Å². The van der Waals surface area contributed by atoms with E-state index < -0.39 is 67.2 Å². The van der Waals surface area contributed by atoms with Crippen molar-refractivity contribution in [3.8, 4) is 0 Å². The van der Waals surface area contributed by atoms with Gasteiger partial charge in [-0.05, 0) is 31.9 Å². The molecule has 0 radical (unpaired) electrons. The molecule has 1 aliphatic heterocycles. The molecule has 0 aliphatic carbocycles. The summed E-state index contributed by atoms with van der Waals surface area (Å²) < 4.78 is 32.3. The zero-order valence-electron chi connectivity index (χ0n) is 20.7. The number of aryl methyl sites for hydroxylation is 3. The van der Waals surface area contributed by atoms with Gasteiger partial charge in [-0.1, -0.05) is 17.7 Å². The molecule has 5 atom stereocenters. The molecule has 1 saturated heterocycles. The Morgan fingerprint density at radius 2 is 1.20 bits per heavy atom. The maximum atomic E-state index is 13.1. The Balaban J connectivity index is 2.50. The van der Waals surface area contributed by atoms with Crippen LogP contribution in [0.2, 0.25) is 0 Å². The topological polar surface area (TPSA) is 141 Å². The molecule has 35 heavy (non-hydrogen) atoms. The average Bonchev–Trinajstić information content (AvgIpc) is 2.69. The van der Waals surface area contributed by atoms with E-state index in [-0.39, 0.29) is 5.56 Å². The van der Waals surface area contributed by atoms with Crippen LogP contribution in [0.15, 0.2) is 12.1 Å². The van der Waals surface area contributed by atoms with Gasteiger partial charge in [0.1, 0.15) is 12.7 Å². The first kappa shape index (κ1) is 27.8. The van der Waals surface area contributed by atoms with E-state index in [1.807, 2.05) is 6.92 Å². The Kier molecular flexibility index (Phi) is 9.35. The van der Waals surface area contributed by atoms with Crippen molar-refractivity contribution in [2.24, 2.45) is 0 Å². The molecule has 0 saturated carbocycles. The Morgan fingerprint density at radius 3 is 1.69 bits per heavy atom. The van der Waals surface area contributed by atoms with E-state index in [2.05, 4.69) is 0 Å². The molecule has 1 aliphatic rings. The molecule has 1 heterocycles. The number of hydrogen-bond donors (Lipinski definition) is 0. The molecule has 1 aromatic carbocycles. The first-order chi connectivity index (χ1) is 16.3. The van der Waals surface area contributed by atoms with Crippen LogP contribution in [-0.4, -0.2) is 67.2 Å². The van der Waals surface area contributed by atoms with Gasteiger partial charge >= 0.3 is 29.8 Å². The average molecular weight is 494 g/mol. The van der Waals surface area contributed by atoms with Gasteiger partial charge in [-0.25, -0.2) is 4.79 Å². The Labute approximate surface area is 202 Å². The smallest absolute Gasteiger partial charge is 0.341 e. The van der Waals surface area contributed by atoms with Crippen molar-refractivity contribution >= 4 is 29.8 Å². The molecule has 192 valence electrons. The first-order valence-electron chi connectivity index (χ1n) is 10.9.